The highest BCUT2D eigenvalue weighted by atomic mass is 16.5. The van der Waals surface area contributed by atoms with E-state index in [0.717, 1.165) is 71.4 Å². The molecule has 5 rings (SSSR count). The molecule has 0 radical (unpaired) electrons. The maximum atomic E-state index is 13.7. The number of Topliss-reactive ketones (excluding diaryl/α,β-unsaturated/α-hetero) is 2. The first-order valence-electron chi connectivity index (χ1n) is 13.3. The van der Waals surface area contributed by atoms with Crippen LogP contribution in [0.4, 0.5) is 0 Å². The van der Waals surface area contributed by atoms with Gasteiger partial charge in [-0.2, -0.15) is 0 Å². The van der Waals surface area contributed by atoms with Gasteiger partial charge >= 0.3 is 5.97 Å². The van der Waals surface area contributed by atoms with E-state index in [1.54, 1.807) is 0 Å². The molecule has 1 aliphatic heterocycles. The van der Waals surface area contributed by atoms with Crippen molar-refractivity contribution in [1.29, 1.82) is 0 Å². The lowest BCUT2D eigenvalue weighted by Crippen LogP contribution is -2.57. The normalized spacial score (nSPS) is 43.5. The Labute approximate surface area is 198 Å². The quantitative estimate of drug-likeness (QED) is 0.462. The molecule has 1 heterocycles. The lowest BCUT2D eigenvalue weighted by Gasteiger charge is -2.59. The number of morpholine rings is 1. The van der Waals surface area contributed by atoms with Gasteiger partial charge in [-0.25, -0.2) is 0 Å². The van der Waals surface area contributed by atoms with E-state index >= 15 is 0 Å². The average Bonchev–Trinajstić information content (AvgIpc) is 3.14. The number of rotatable bonds is 5. The number of ketones is 2. The van der Waals surface area contributed by atoms with E-state index < -0.39 is 0 Å². The second-order valence-electron chi connectivity index (χ2n) is 12.0. The number of hydrogen-bond acceptors (Lipinski definition) is 6. The van der Waals surface area contributed by atoms with Gasteiger partial charge in [0.05, 0.1) is 25.7 Å². The average molecular weight is 460 g/mol. The number of nitrogens with zero attached hydrogens (tertiary/aromatic N) is 1. The molecule has 0 amide bonds. The summed E-state index contributed by atoms with van der Waals surface area (Å²) in [6.07, 6.45) is 7.46. The van der Waals surface area contributed by atoms with Crippen LogP contribution in [0, 0.1) is 40.4 Å². The van der Waals surface area contributed by atoms with Gasteiger partial charge in [0.2, 0.25) is 0 Å². The molecule has 33 heavy (non-hydrogen) atoms. The summed E-state index contributed by atoms with van der Waals surface area (Å²) in [4.78, 5) is 41.3. The number of carbonyl (C=O) groups is 3. The highest BCUT2D eigenvalue weighted by Gasteiger charge is 2.64. The SMILES string of the molecule is C[C@]12CCC(=O)C[C@@H]1CC[C@H]1[C@@H]3CC[C@H](C(=O)OCCCN4CCOCC4)[C@@]3(C)CC(=O)[C@@H]12. The maximum absolute atomic E-state index is 13.7. The highest BCUT2D eigenvalue weighted by molar-refractivity contribution is 5.87. The Balaban J connectivity index is 1.22. The van der Waals surface area contributed by atoms with Gasteiger partial charge in [-0.05, 0) is 67.1 Å². The third kappa shape index (κ3) is 4.09. The first-order valence-corrected chi connectivity index (χ1v) is 13.3. The minimum atomic E-state index is -0.271. The van der Waals surface area contributed by atoms with Gasteiger partial charge in [0.25, 0.3) is 0 Å². The molecule has 0 spiro atoms. The van der Waals surface area contributed by atoms with Crippen LogP contribution < -0.4 is 0 Å². The van der Waals surface area contributed by atoms with Gasteiger partial charge in [-0.1, -0.05) is 13.8 Å². The summed E-state index contributed by atoms with van der Waals surface area (Å²) >= 11 is 0. The van der Waals surface area contributed by atoms with E-state index in [9.17, 15) is 14.4 Å². The summed E-state index contributed by atoms with van der Waals surface area (Å²) in [6.45, 7) is 9.35. The molecular formula is C27H41NO5. The van der Waals surface area contributed by atoms with Crippen LogP contribution in [-0.2, 0) is 23.9 Å². The van der Waals surface area contributed by atoms with Gasteiger partial charge in [-0.15, -0.1) is 0 Å². The van der Waals surface area contributed by atoms with E-state index in [1.165, 1.54) is 0 Å². The van der Waals surface area contributed by atoms with Crippen LogP contribution in [0.1, 0.15) is 71.6 Å². The van der Waals surface area contributed by atoms with Crippen LogP contribution in [0.25, 0.3) is 0 Å². The van der Waals surface area contributed by atoms with Crippen molar-refractivity contribution in [2.75, 3.05) is 39.5 Å². The summed E-state index contributed by atoms with van der Waals surface area (Å²) in [5.74, 6) is 1.71. The predicted molar refractivity (Wildman–Crippen MR) is 123 cm³/mol. The summed E-state index contributed by atoms with van der Waals surface area (Å²) in [5, 5.41) is 0. The second-order valence-corrected chi connectivity index (χ2v) is 12.0. The van der Waals surface area contributed by atoms with Crippen LogP contribution in [0.2, 0.25) is 0 Å². The van der Waals surface area contributed by atoms with Crippen LogP contribution in [0.15, 0.2) is 0 Å². The summed E-state index contributed by atoms with van der Waals surface area (Å²) in [5.41, 5.74) is -0.305. The van der Waals surface area contributed by atoms with Crippen molar-refractivity contribution in [3.05, 3.63) is 0 Å². The lowest BCUT2D eigenvalue weighted by molar-refractivity contribution is -0.167. The van der Waals surface area contributed by atoms with Crippen LogP contribution in [-0.4, -0.2) is 61.9 Å². The van der Waals surface area contributed by atoms with E-state index in [0.29, 0.717) is 55.2 Å². The molecule has 7 atom stereocenters. The lowest BCUT2D eigenvalue weighted by atomic mass is 9.44. The zero-order valence-corrected chi connectivity index (χ0v) is 20.5. The fourth-order valence-electron chi connectivity index (χ4n) is 8.63. The van der Waals surface area contributed by atoms with E-state index in [1.807, 2.05) is 0 Å². The Kier molecular flexibility index (Phi) is 6.45. The van der Waals surface area contributed by atoms with Crippen LogP contribution in [0.5, 0.6) is 0 Å². The Hall–Kier alpha value is -1.27. The number of fused-ring (bicyclic) bond motifs is 5. The molecule has 5 aliphatic rings. The van der Waals surface area contributed by atoms with Crippen LogP contribution >= 0.6 is 0 Å². The first-order chi connectivity index (χ1) is 15.8. The van der Waals surface area contributed by atoms with E-state index in [2.05, 4.69) is 18.7 Å². The van der Waals surface area contributed by atoms with Gasteiger partial charge < -0.3 is 9.47 Å². The maximum Gasteiger partial charge on any atom is 0.309 e. The minimum absolute atomic E-state index is 0.0344. The molecular weight excluding hydrogens is 418 g/mol. The Morgan fingerprint density at radius 1 is 1.09 bits per heavy atom. The highest BCUT2D eigenvalue weighted by Crippen LogP contribution is 2.66. The van der Waals surface area contributed by atoms with Crippen molar-refractivity contribution < 1.29 is 23.9 Å². The summed E-state index contributed by atoms with van der Waals surface area (Å²) in [7, 11) is 0. The number of ether oxygens (including phenoxy) is 2. The molecule has 184 valence electrons. The molecule has 0 N–H and O–H groups in total. The van der Waals surface area contributed by atoms with Crippen molar-refractivity contribution in [2.45, 2.75) is 71.6 Å². The van der Waals surface area contributed by atoms with Crippen molar-refractivity contribution in [1.82, 2.24) is 4.90 Å². The largest absolute Gasteiger partial charge is 0.465 e. The first kappa shape index (κ1) is 23.5. The number of carbonyl (C=O) groups excluding carboxylic acids is 3. The topological polar surface area (TPSA) is 72.9 Å². The Bertz CT molecular complexity index is 791. The number of esters is 1. The predicted octanol–water partition coefficient (Wildman–Crippen LogP) is 3.66. The van der Waals surface area contributed by atoms with Crippen LogP contribution in [0.3, 0.4) is 0 Å². The summed E-state index contributed by atoms with van der Waals surface area (Å²) in [6, 6.07) is 0. The van der Waals surface area contributed by atoms with Gasteiger partial charge in [-0.3, -0.25) is 19.3 Å². The molecule has 6 heteroatoms. The zero-order chi connectivity index (χ0) is 23.2. The van der Waals surface area contributed by atoms with Crippen molar-refractivity contribution in [3.8, 4) is 0 Å². The Morgan fingerprint density at radius 2 is 1.88 bits per heavy atom. The monoisotopic (exact) mass is 459 g/mol. The summed E-state index contributed by atoms with van der Waals surface area (Å²) < 4.78 is 11.2. The standard InChI is InChI=1S/C27H41NO5/c1-26-9-8-19(29)16-18(26)4-5-20-21-6-7-22(27(21,2)17-23(30)24(20)26)25(31)33-13-3-10-28-11-14-32-15-12-28/h18,20-22,24H,3-17H2,1-2H3/t18-,20-,21-,22+,24+,26-,27-/m0/s1. The molecule has 6 nitrogen and oxygen atoms in total. The third-order valence-corrected chi connectivity index (χ3v) is 10.4. The van der Waals surface area contributed by atoms with Crippen molar-refractivity contribution in [2.24, 2.45) is 40.4 Å². The Morgan fingerprint density at radius 3 is 2.67 bits per heavy atom. The van der Waals surface area contributed by atoms with Crippen molar-refractivity contribution in [3.63, 3.8) is 0 Å². The zero-order valence-electron chi connectivity index (χ0n) is 20.5. The fraction of sp³-hybridized carbons (Fsp3) is 0.889. The van der Waals surface area contributed by atoms with E-state index in [-0.39, 0.29) is 28.6 Å². The molecule has 0 aromatic carbocycles. The minimum Gasteiger partial charge on any atom is -0.465 e. The van der Waals surface area contributed by atoms with Gasteiger partial charge in [0.15, 0.2) is 0 Å². The molecule has 0 unspecified atom stereocenters. The van der Waals surface area contributed by atoms with Crippen molar-refractivity contribution >= 4 is 17.5 Å². The van der Waals surface area contributed by atoms with Gasteiger partial charge in [0.1, 0.15) is 11.6 Å². The fourth-order valence-corrected chi connectivity index (χ4v) is 8.63. The molecule has 4 aliphatic carbocycles. The molecule has 5 fully saturated rings. The third-order valence-electron chi connectivity index (χ3n) is 10.4. The van der Waals surface area contributed by atoms with E-state index in [4.69, 9.17) is 9.47 Å². The second kappa shape index (κ2) is 9.07. The van der Waals surface area contributed by atoms with Gasteiger partial charge in [0, 0.05) is 44.8 Å². The number of hydrogen-bond donors (Lipinski definition) is 0. The molecule has 0 aromatic rings. The molecule has 0 aromatic heterocycles. The smallest absolute Gasteiger partial charge is 0.309 e. The molecule has 0 bridgehead atoms. The molecule has 4 saturated carbocycles. The molecule has 1 saturated heterocycles.